The summed E-state index contributed by atoms with van der Waals surface area (Å²) in [5, 5.41) is 7.10. The normalized spacial score (nSPS) is 15.2. The molecule has 0 bridgehead atoms. The van der Waals surface area contributed by atoms with Crippen LogP contribution in [0.2, 0.25) is 0 Å². The molecule has 4 rings (SSSR count). The van der Waals surface area contributed by atoms with Crippen LogP contribution in [0.3, 0.4) is 0 Å². The van der Waals surface area contributed by atoms with E-state index in [1.54, 1.807) is 14.2 Å². The fourth-order valence-electron chi connectivity index (χ4n) is 3.51. The largest absolute Gasteiger partial charge is 0.496 e. The summed E-state index contributed by atoms with van der Waals surface area (Å²) in [6.45, 7) is 1.87. The molecule has 0 saturated heterocycles. The van der Waals surface area contributed by atoms with Gasteiger partial charge in [-0.1, -0.05) is 18.2 Å². The molecule has 3 heterocycles. The first kappa shape index (κ1) is 16.2. The van der Waals surface area contributed by atoms with Gasteiger partial charge in [0, 0.05) is 30.9 Å². The van der Waals surface area contributed by atoms with Crippen molar-refractivity contribution in [3.63, 3.8) is 0 Å². The summed E-state index contributed by atoms with van der Waals surface area (Å²) in [5.41, 5.74) is 1.89. The van der Waals surface area contributed by atoms with Gasteiger partial charge in [-0.3, -0.25) is 19.0 Å². The molecule has 1 N–H and O–H groups in total. The highest BCUT2D eigenvalue weighted by Crippen LogP contribution is 2.47. The Labute approximate surface area is 148 Å². The van der Waals surface area contributed by atoms with Crippen molar-refractivity contribution in [2.24, 2.45) is 14.1 Å². The molecule has 1 aliphatic rings. The van der Waals surface area contributed by atoms with Crippen molar-refractivity contribution in [2.75, 3.05) is 7.11 Å². The van der Waals surface area contributed by atoms with E-state index in [0.29, 0.717) is 17.2 Å². The maximum absolute atomic E-state index is 13.0. The minimum absolute atomic E-state index is 0.202. The number of hydrogen-bond acceptors (Lipinski definition) is 5. The lowest BCUT2D eigenvalue weighted by atomic mass is 9.84. The van der Waals surface area contributed by atoms with Crippen LogP contribution in [0.15, 0.2) is 33.9 Å². The van der Waals surface area contributed by atoms with E-state index >= 15 is 0 Å². The van der Waals surface area contributed by atoms with Crippen LogP contribution in [-0.2, 0) is 14.1 Å². The summed E-state index contributed by atoms with van der Waals surface area (Å²) in [6, 6.07) is 7.49. The van der Waals surface area contributed by atoms with Gasteiger partial charge in [-0.25, -0.2) is 4.79 Å². The number of aromatic amines is 1. The van der Waals surface area contributed by atoms with Crippen molar-refractivity contribution >= 4 is 0 Å². The average molecular weight is 354 g/mol. The molecule has 1 atom stereocenters. The number of nitrogens with one attached hydrogen (secondary N) is 1. The Morgan fingerprint density at radius 2 is 1.88 bits per heavy atom. The van der Waals surface area contributed by atoms with Gasteiger partial charge in [0.25, 0.3) is 5.56 Å². The zero-order valence-corrected chi connectivity index (χ0v) is 14.9. The number of methoxy groups -OCH3 is 1. The Morgan fingerprint density at radius 1 is 1.15 bits per heavy atom. The molecule has 1 aromatic carbocycles. The van der Waals surface area contributed by atoms with Crippen LogP contribution in [0.5, 0.6) is 17.5 Å². The summed E-state index contributed by atoms with van der Waals surface area (Å²) in [5.74, 6) is 0.740. The molecule has 0 fully saturated rings. The quantitative estimate of drug-likeness (QED) is 0.588. The summed E-state index contributed by atoms with van der Waals surface area (Å²) in [7, 11) is 4.62. The fourth-order valence-corrected chi connectivity index (χ4v) is 3.51. The summed E-state index contributed by atoms with van der Waals surface area (Å²) < 4.78 is 13.8. The van der Waals surface area contributed by atoms with Gasteiger partial charge in [-0.2, -0.15) is 0 Å². The minimum atomic E-state index is -0.464. The zero-order valence-electron chi connectivity index (χ0n) is 14.9. The predicted octanol–water partition coefficient (Wildman–Crippen LogP) is 1.41. The Balaban J connectivity index is 2.14. The number of nitrogens with zero attached hydrogens (tertiary/aromatic N) is 3. The molecule has 0 spiro atoms. The van der Waals surface area contributed by atoms with Crippen LogP contribution < -0.4 is 20.7 Å². The third-order valence-electron chi connectivity index (χ3n) is 4.82. The Morgan fingerprint density at radius 3 is 2.62 bits per heavy atom. The van der Waals surface area contributed by atoms with Crippen LogP contribution in [0.25, 0.3) is 0 Å². The van der Waals surface area contributed by atoms with Gasteiger partial charge in [-0.05, 0) is 13.0 Å². The highest BCUT2D eigenvalue weighted by atomic mass is 16.5. The lowest BCUT2D eigenvalue weighted by Gasteiger charge is -2.27. The average Bonchev–Trinajstić information content (AvgIpc) is 3.03. The zero-order chi connectivity index (χ0) is 18.6. The maximum Gasteiger partial charge on any atom is 0.333 e. The Bertz CT molecular complexity index is 1140. The Kier molecular flexibility index (Phi) is 3.50. The lowest BCUT2D eigenvalue weighted by molar-refractivity contribution is 0.377. The van der Waals surface area contributed by atoms with Gasteiger partial charge in [0.15, 0.2) is 0 Å². The molecule has 26 heavy (non-hydrogen) atoms. The third kappa shape index (κ3) is 2.05. The van der Waals surface area contributed by atoms with E-state index < -0.39 is 17.2 Å². The van der Waals surface area contributed by atoms with Crippen LogP contribution in [0.4, 0.5) is 0 Å². The second-order valence-corrected chi connectivity index (χ2v) is 6.27. The number of aromatic nitrogens is 4. The molecular formula is C18H18N4O4. The molecule has 1 unspecified atom stereocenters. The summed E-state index contributed by atoms with van der Waals surface area (Å²) >= 11 is 0. The number of ether oxygens (including phenoxy) is 2. The van der Waals surface area contributed by atoms with E-state index in [4.69, 9.17) is 9.47 Å². The molecule has 1 aliphatic heterocycles. The number of rotatable bonds is 2. The van der Waals surface area contributed by atoms with Crippen molar-refractivity contribution in [3.8, 4) is 17.5 Å². The number of fused-ring (bicyclic) bond motifs is 2. The maximum atomic E-state index is 13.0. The molecule has 8 nitrogen and oxygen atoms in total. The molecule has 3 aromatic rings. The van der Waals surface area contributed by atoms with Crippen LogP contribution in [0.1, 0.15) is 28.3 Å². The summed E-state index contributed by atoms with van der Waals surface area (Å²) in [4.78, 5) is 25.3. The van der Waals surface area contributed by atoms with Gasteiger partial charge < -0.3 is 9.47 Å². The number of hydrogen-bond donors (Lipinski definition) is 1. The van der Waals surface area contributed by atoms with Crippen molar-refractivity contribution < 1.29 is 9.47 Å². The second-order valence-electron chi connectivity index (χ2n) is 6.27. The minimum Gasteiger partial charge on any atom is -0.496 e. The van der Waals surface area contributed by atoms with E-state index in [2.05, 4.69) is 10.2 Å². The first-order chi connectivity index (χ1) is 12.5. The van der Waals surface area contributed by atoms with Crippen LogP contribution in [0, 0.1) is 6.92 Å². The molecule has 134 valence electrons. The number of aryl methyl sites for hydroxylation is 1. The highest BCUT2D eigenvalue weighted by Gasteiger charge is 2.38. The van der Waals surface area contributed by atoms with E-state index in [9.17, 15) is 9.59 Å². The van der Waals surface area contributed by atoms with Gasteiger partial charge in [0.2, 0.25) is 11.8 Å². The SMILES string of the molecule is COc1ccccc1C1c2c(n[nH]c2C)Oc2c1c(=O)n(C)c(=O)n2C. The molecule has 0 radical (unpaired) electrons. The fraction of sp³-hybridized carbons (Fsp3) is 0.278. The molecular weight excluding hydrogens is 336 g/mol. The van der Waals surface area contributed by atoms with Crippen LogP contribution in [-0.4, -0.2) is 26.4 Å². The van der Waals surface area contributed by atoms with Crippen LogP contribution >= 0.6 is 0 Å². The summed E-state index contributed by atoms with van der Waals surface area (Å²) in [6.07, 6.45) is 0. The monoisotopic (exact) mass is 354 g/mol. The van der Waals surface area contributed by atoms with Crippen molar-refractivity contribution in [3.05, 3.63) is 67.5 Å². The van der Waals surface area contributed by atoms with E-state index in [-0.39, 0.29) is 5.88 Å². The van der Waals surface area contributed by atoms with Gasteiger partial charge >= 0.3 is 5.69 Å². The van der Waals surface area contributed by atoms with Gasteiger partial charge in [-0.15, -0.1) is 5.10 Å². The first-order valence-corrected chi connectivity index (χ1v) is 8.11. The van der Waals surface area contributed by atoms with Gasteiger partial charge in [0.05, 0.1) is 18.6 Å². The molecule has 0 saturated carbocycles. The molecule has 8 heteroatoms. The number of H-pyrrole nitrogens is 1. The topological polar surface area (TPSA) is 91.1 Å². The van der Waals surface area contributed by atoms with Gasteiger partial charge in [0.1, 0.15) is 5.75 Å². The van der Waals surface area contributed by atoms with E-state index in [1.165, 1.54) is 11.6 Å². The number of para-hydroxylation sites is 1. The molecule has 2 aromatic heterocycles. The highest BCUT2D eigenvalue weighted by molar-refractivity contribution is 5.58. The van der Waals surface area contributed by atoms with Crippen molar-refractivity contribution in [2.45, 2.75) is 12.8 Å². The predicted molar refractivity (Wildman–Crippen MR) is 94.3 cm³/mol. The van der Waals surface area contributed by atoms with Crippen molar-refractivity contribution in [1.29, 1.82) is 0 Å². The standard InChI is InChI=1S/C18H18N4O4/c1-9-12-13(10-7-5-6-8-11(10)25-4)14-16(23)21(2)18(24)22(3)17(14)26-15(12)20-19-9/h5-8,13H,1-4H3,(H,19,20). The Hall–Kier alpha value is -3.29. The lowest BCUT2D eigenvalue weighted by Crippen LogP contribution is -2.41. The third-order valence-corrected chi connectivity index (χ3v) is 4.82. The first-order valence-electron chi connectivity index (χ1n) is 8.11. The number of benzene rings is 1. The smallest absolute Gasteiger partial charge is 0.333 e. The molecule has 0 amide bonds. The second kappa shape index (κ2) is 5.62. The van der Waals surface area contributed by atoms with Crippen molar-refractivity contribution in [1.82, 2.24) is 19.3 Å². The molecule has 0 aliphatic carbocycles. The van der Waals surface area contributed by atoms with E-state index in [1.807, 2.05) is 31.2 Å². The van der Waals surface area contributed by atoms with E-state index in [0.717, 1.165) is 21.4 Å².